The van der Waals surface area contributed by atoms with E-state index in [2.05, 4.69) is 10.6 Å². The SMILES string of the molecule is COCNC(=O)NCc1ccc(CO)cc1. The molecule has 0 fully saturated rings. The van der Waals surface area contributed by atoms with Crippen LogP contribution in [0, 0.1) is 0 Å². The van der Waals surface area contributed by atoms with Crippen molar-refractivity contribution in [2.24, 2.45) is 0 Å². The van der Waals surface area contributed by atoms with Crippen LogP contribution in [0.1, 0.15) is 11.1 Å². The number of carbonyl (C=O) groups excluding carboxylic acids is 1. The number of urea groups is 1. The van der Waals surface area contributed by atoms with Crippen molar-refractivity contribution >= 4 is 6.03 Å². The number of hydrogen-bond acceptors (Lipinski definition) is 3. The molecular weight excluding hydrogens is 208 g/mol. The molecule has 0 bridgehead atoms. The molecule has 0 aliphatic heterocycles. The number of ether oxygens (including phenoxy) is 1. The second-order valence-corrected chi connectivity index (χ2v) is 3.27. The summed E-state index contributed by atoms with van der Waals surface area (Å²) in [5, 5.41) is 14.0. The molecule has 88 valence electrons. The summed E-state index contributed by atoms with van der Waals surface area (Å²) in [5.41, 5.74) is 1.83. The number of carbonyl (C=O) groups is 1. The molecule has 1 aromatic carbocycles. The monoisotopic (exact) mass is 224 g/mol. The number of methoxy groups -OCH3 is 1. The second kappa shape index (κ2) is 6.81. The highest BCUT2D eigenvalue weighted by molar-refractivity contribution is 5.73. The van der Waals surface area contributed by atoms with E-state index in [1.165, 1.54) is 7.11 Å². The Labute approximate surface area is 94.4 Å². The lowest BCUT2D eigenvalue weighted by molar-refractivity contribution is 0.172. The number of hydrogen-bond donors (Lipinski definition) is 3. The van der Waals surface area contributed by atoms with Gasteiger partial charge >= 0.3 is 6.03 Å². The molecule has 0 aromatic heterocycles. The van der Waals surface area contributed by atoms with E-state index >= 15 is 0 Å². The Morgan fingerprint density at radius 1 is 1.25 bits per heavy atom. The normalized spacial score (nSPS) is 9.88. The van der Waals surface area contributed by atoms with E-state index in [1.54, 1.807) is 0 Å². The van der Waals surface area contributed by atoms with Crippen molar-refractivity contribution < 1.29 is 14.6 Å². The summed E-state index contributed by atoms with van der Waals surface area (Å²) >= 11 is 0. The van der Waals surface area contributed by atoms with Crippen LogP contribution in [-0.2, 0) is 17.9 Å². The Balaban J connectivity index is 2.33. The summed E-state index contributed by atoms with van der Waals surface area (Å²) in [5.74, 6) is 0. The molecular formula is C11H16N2O3. The van der Waals surface area contributed by atoms with Crippen molar-refractivity contribution in [3.8, 4) is 0 Å². The third kappa shape index (κ3) is 4.29. The molecule has 5 nitrogen and oxygen atoms in total. The molecule has 5 heteroatoms. The average molecular weight is 224 g/mol. The quantitative estimate of drug-likeness (QED) is 0.641. The minimum atomic E-state index is -0.270. The molecule has 1 rings (SSSR count). The fourth-order valence-corrected chi connectivity index (χ4v) is 1.15. The first kappa shape index (κ1) is 12.5. The van der Waals surface area contributed by atoms with Gasteiger partial charge in [-0.05, 0) is 11.1 Å². The number of benzene rings is 1. The van der Waals surface area contributed by atoms with Crippen LogP contribution in [-0.4, -0.2) is 25.0 Å². The molecule has 0 atom stereocenters. The van der Waals surface area contributed by atoms with Crippen LogP contribution in [0.2, 0.25) is 0 Å². The maximum atomic E-state index is 11.2. The lowest BCUT2D eigenvalue weighted by Gasteiger charge is -2.07. The van der Waals surface area contributed by atoms with Gasteiger partial charge in [0.1, 0.15) is 6.73 Å². The molecule has 3 N–H and O–H groups in total. The largest absolute Gasteiger partial charge is 0.392 e. The number of rotatable bonds is 5. The topological polar surface area (TPSA) is 70.6 Å². The van der Waals surface area contributed by atoms with Crippen molar-refractivity contribution in [1.82, 2.24) is 10.6 Å². The van der Waals surface area contributed by atoms with E-state index in [0.29, 0.717) is 6.54 Å². The van der Waals surface area contributed by atoms with Crippen LogP contribution in [0.4, 0.5) is 4.79 Å². The molecule has 0 spiro atoms. The highest BCUT2D eigenvalue weighted by Gasteiger charge is 1.99. The van der Waals surface area contributed by atoms with Crippen LogP contribution in [0.3, 0.4) is 0 Å². The van der Waals surface area contributed by atoms with Crippen LogP contribution in [0.15, 0.2) is 24.3 Å². The van der Waals surface area contributed by atoms with Gasteiger partial charge in [-0.25, -0.2) is 4.79 Å². The second-order valence-electron chi connectivity index (χ2n) is 3.27. The van der Waals surface area contributed by atoms with Gasteiger partial charge in [-0.3, -0.25) is 0 Å². The number of amides is 2. The summed E-state index contributed by atoms with van der Waals surface area (Å²) in [6.45, 7) is 0.665. The van der Waals surface area contributed by atoms with Crippen molar-refractivity contribution in [1.29, 1.82) is 0 Å². The van der Waals surface area contributed by atoms with Gasteiger partial charge < -0.3 is 20.5 Å². The molecule has 0 saturated heterocycles. The Kier molecular flexibility index (Phi) is 5.31. The van der Waals surface area contributed by atoms with Crippen LogP contribution in [0.5, 0.6) is 0 Å². The summed E-state index contributed by atoms with van der Waals surface area (Å²) < 4.78 is 4.70. The maximum Gasteiger partial charge on any atom is 0.316 e. The maximum absolute atomic E-state index is 11.2. The van der Waals surface area contributed by atoms with Gasteiger partial charge in [0, 0.05) is 13.7 Å². The Morgan fingerprint density at radius 3 is 2.44 bits per heavy atom. The Hall–Kier alpha value is -1.59. The van der Waals surface area contributed by atoms with E-state index in [9.17, 15) is 4.79 Å². The summed E-state index contributed by atoms with van der Waals surface area (Å²) in [7, 11) is 1.51. The van der Waals surface area contributed by atoms with Crippen LogP contribution < -0.4 is 10.6 Å². The zero-order valence-electron chi connectivity index (χ0n) is 9.19. The highest BCUT2D eigenvalue weighted by atomic mass is 16.5. The van der Waals surface area contributed by atoms with E-state index < -0.39 is 0 Å². The molecule has 2 amide bonds. The molecule has 0 radical (unpaired) electrons. The molecule has 0 heterocycles. The van der Waals surface area contributed by atoms with Gasteiger partial charge in [-0.1, -0.05) is 24.3 Å². The molecule has 0 aliphatic carbocycles. The fraction of sp³-hybridized carbons (Fsp3) is 0.364. The first-order chi connectivity index (χ1) is 7.76. The third-order valence-corrected chi connectivity index (χ3v) is 2.04. The lowest BCUT2D eigenvalue weighted by Crippen LogP contribution is -2.36. The van der Waals surface area contributed by atoms with Crippen molar-refractivity contribution in [3.63, 3.8) is 0 Å². The van der Waals surface area contributed by atoms with E-state index in [4.69, 9.17) is 9.84 Å². The van der Waals surface area contributed by atoms with Crippen molar-refractivity contribution in [3.05, 3.63) is 35.4 Å². The zero-order valence-corrected chi connectivity index (χ0v) is 9.19. The predicted molar refractivity (Wildman–Crippen MR) is 59.6 cm³/mol. The number of nitrogens with one attached hydrogen (secondary N) is 2. The predicted octanol–water partition coefficient (Wildman–Crippen LogP) is 0.582. The van der Waals surface area contributed by atoms with Crippen molar-refractivity contribution in [2.45, 2.75) is 13.2 Å². The van der Waals surface area contributed by atoms with Gasteiger partial charge in [-0.15, -0.1) is 0 Å². The smallest absolute Gasteiger partial charge is 0.316 e. The standard InChI is InChI=1S/C11H16N2O3/c1-16-8-13-11(15)12-6-9-2-4-10(7-14)5-3-9/h2-5,14H,6-8H2,1H3,(H2,12,13,15). The van der Waals surface area contributed by atoms with E-state index in [0.717, 1.165) is 11.1 Å². The summed E-state index contributed by atoms with van der Waals surface area (Å²) in [6.07, 6.45) is 0. The first-order valence-corrected chi connectivity index (χ1v) is 4.95. The average Bonchev–Trinajstić information content (AvgIpc) is 2.34. The third-order valence-electron chi connectivity index (χ3n) is 2.04. The fourth-order valence-electron chi connectivity index (χ4n) is 1.15. The molecule has 0 saturated carbocycles. The van der Waals surface area contributed by atoms with Gasteiger partial charge in [0.05, 0.1) is 6.61 Å². The van der Waals surface area contributed by atoms with Gasteiger partial charge in [0.15, 0.2) is 0 Å². The summed E-state index contributed by atoms with van der Waals surface area (Å²) in [4.78, 5) is 11.2. The number of aliphatic hydroxyl groups excluding tert-OH is 1. The Morgan fingerprint density at radius 2 is 1.88 bits per heavy atom. The van der Waals surface area contributed by atoms with Crippen molar-refractivity contribution in [2.75, 3.05) is 13.8 Å². The highest BCUT2D eigenvalue weighted by Crippen LogP contribution is 2.03. The van der Waals surface area contributed by atoms with Crippen LogP contribution in [0.25, 0.3) is 0 Å². The first-order valence-electron chi connectivity index (χ1n) is 4.95. The lowest BCUT2D eigenvalue weighted by atomic mass is 10.1. The van der Waals surface area contributed by atoms with Gasteiger partial charge in [0.2, 0.25) is 0 Å². The molecule has 1 aromatic rings. The Bertz CT molecular complexity index is 325. The van der Waals surface area contributed by atoms with E-state index in [-0.39, 0.29) is 19.4 Å². The van der Waals surface area contributed by atoms with Crippen LogP contribution >= 0.6 is 0 Å². The minimum Gasteiger partial charge on any atom is -0.392 e. The van der Waals surface area contributed by atoms with E-state index in [1.807, 2.05) is 24.3 Å². The van der Waals surface area contributed by atoms with Gasteiger partial charge in [-0.2, -0.15) is 0 Å². The minimum absolute atomic E-state index is 0.0298. The summed E-state index contributed by atoms with van der Waals surface area (Å²) in [6, 6.07) is 7.10. The number of aliphatic hydroxyl groups is 1. The molecule has 0 aliphatic rings. The van der Waals surface area contributed by atoms with Gasteiger partial charge in [0.25, 0.3) is 0 Å². The molecule has 16 heavy (non-hydrogen) atoms. The molecule has 0 unspecified atom stereocenters. The zero-order chi connectivity index (χ0) is 11.8.